The lowest BCUT2D eigenvalue weighted by Crippen LogP contribution is -2.28. The minimum Gasteiger partial charge on any atom is -0.334 e. The van der Waals surface area contributed by atoms with Gasteiger partial charge in [-0.25, -0.2) is 4.98 Å². The first-order valence-corrected chi connectivity index (χ1v) is 4.42. The lowest BCUT2D eigenvalue weighted by molar-refractivity contribution is 0.295. The molecular weight excluding hydrogens is 164 g/mol. The van der Waals surface area contributed by atoms with Crippen molar-refractivity contribution in [3.05, 3.63) is 17.7 Å². The Hall–Kier alpha value is -0.870. The Bertz CT molecular complexity index is 277. The van der Waals surface area contributed by atoms with E-state index in [1.54, 1.807) is 0 Å². The van der Waals surface area contributed by atoms with Crippen LogP contribution in [0.1, 0.15) is 17.6 Å². The van der Waals surface area contributed by atoms with Gasteiger partial charge in [0.15, 0.2) is 0 Å². The summed E-state index contributed by atoms with van der Waals surface area (Å²) in [6.45, 7) is 2.61. The highest BCUT2D eigenvalue weighted by molar-refractivity contribution is 5.09. The van der Waals surface area contributed by atoms with Crippen molar-refractivity contribution in [1.82, 2.24) is 14.5 Å². The van der Waals surface area contributed by atoms with Crippen LogP contribution < -0.4 is 5.73 Å². The molecule has 2 N–H and O–H groups in total. The molecule has 0 aromatic carbocycles. The van der Waals surface area contributed by atoms with Gasteiger partial charge < -0.3 is 10.3 Å². The molecule has 0 aliphatic carbocycles. The third-order valence-electron chi connectivity index (χ3n) is 2.44. The maximum atomic E-state index is 5.70. The number of nitrogens with zero attached hydrogens (tertiary/aromatic N) is 3. The largest absolute Gasteiger partial charge is 0.334 e. The minimum absolute atomic E-state index is 0.256. The molecule has 0 amide bonds. The fourth-order valence-electron chi connectivity index (χ4n) is 1.43. The molecule has 1 atom stereocenters. The number of hydrogen-bond donors (Lipinski definition) is 1. The molecule has 1 heterocycles. The van der Waals surface area contributed by atoms with Crippen molar-refractivity contribution < 1.29 is 0 Å². The van der Waals surface area contributed by atoms with E-state index in [9.17, 15) is 0 Å². The average molecular weight is 182 g/mol. The first-order valence-electron chi connectivity index (χ1n) is 4.42. The number of hydrogen-bond acceptors (Lipinski definition) is 3. The Balaban J connectivity index is 2.98. The minimum atomic E-state index is 0.256. The Morgan fingerprint density at radius 3 is 2.54 bits per heavy atom. The van der Waals surface area contributed by atoms with Crippen LogP contribution in [0.2, 0.25) is 0 Å². The summed E-state index contributed by atoms with van der Waals surface area (Å²) in [4.78, 5) is 6.36. The molecule has 0 spiro atoms. The zero-order chi connectivity index (χ0) is 10.0. The maximum Gasteiger partial charge on any atom is 0.105 e. The van der Waals surface area contributed by atoms with Gasteiger partial charge >= 0.3 is 0 Å². The lowest BCUT2D eigenvalue weighted by Gasteiger charge is -2.22. The lowest BCUT2D eigenvalue weighted by atomic mass is 10.2. The molecule has 0 aliphatic rings. The number of aryl methyl sites for hydroxylation is 1. The highest BCUT2D eigenvalue weighted by Crippen LogP contribution is 2.16. The fourth-order valence-corrected chi connectivity index (χ4v) is 1.43. The molecule has 13 heavy (non-hydrogen) atoms. The van der Waals surface area contributed by atoms with E-state index in [-0.39, 0.29) is 6.04 Å². The summed E-state index contributed by atoms with van der Waals surface area (Å²) in [5.41, 5.74) is 6.87. The quantitative estimate of drug-likeness (QED) is 0.731. The summed E-state index contributed by atoms with van der Waals surface area (Å²) in [6.07, 6.45) is 1.90. The van der Waals surface area contributed by atoms with Crippen molar-refractivity contribution in [2.75, 3.05) is 20.6 Å². The SMILES string of the molecule is Cc1ncc(C(CN)N(C)C)n1C. The Labute approximate surface area is 79.4 Å². The van der Waals surface area contributed by atoms with Crippen LogP contribution >= 0.6 is 0 Å². The van der Waals surface area contributed by atoms with Gasteiger partial charge in [0.25, 0.3) is 0 Å². The first kappa shape index (κ1) is 10.2. The van der Waals surface area contributed by atoms with Gasteiger partial charge in [-0.2, -0.15) is 0 Å². The van der Waals surface area contributed by atoms with Crippen molar-refractivity contribution in [2.24, 2.45) is 12.8 Å². The van der Waals surface area contributed by atoms with Crippen molar-refractivity contribution in [2.45, 2.75) is 13.0 Å². The predicted octanol–water partition coefficient (Wildman–Crippen LogP) is 0.290. The Kier molecular flexibility index (Phi) is 3.06. The van der Waals surface area contributed by atoms with Gasteiger partial charge in [0.2, 0.25) is 0 Å². The second-order valence-corrected chi connectivity index (χ2v) is 3.50. The van der Waals surface area contributed by atoms with Gasteiger partial charge in [0.1, 0.15) is 5.82 Å². The number of rotatable bonds is 3. The van der Waals surface area contributed by atoms with Gasteiger partial charge in [-0.3, -0.25) is 4.90 Å². The van der Waals surface area contributed by atoms with Crippen LogP contribution in [-0.2, 0) is 7.05 Å². The molecule has 1 aromatic heterocycles. The van der Waals surface area contributed by atoms with Crippen LogP contribution in [0.25, 0.3) is 0 Å². The molecule has 0 aliphatic heterocycles. The van der Waals surface area contributed by atoms with Crippen LogP contribution in [0.5, 0.6) is 0 Å². The van der Waals surface area contributed by atoms with E-state index in [0.717, 1.165) is 5.82 Å². The normalized spacial score (nSPS) is 13.7. The zero-order valence-corrected chi connectivity index (χ0v) is 8.78. The van der Waals surface area contributed by atoms with Gasteiger partial charge in [0, 0.05) is 13.6 Å². The molecular formula is C9H18N4. The summed E-state index contributed by atoms with van der Waals surface area (Å²) in [6, 6.07) is 0.256. The van der Waals surface area contributed by atoms with Gasteiger partial charge in [0.05, 0.1) is 17.9 Å². The van der Waals surface area contributed by atoms with Crippen LogP contribution in [-0.4, -0.2) is 35.1 Å². The highest BCUT2D eigenvalue weighted by Gasteiger charge is 2.16. The molecule has 4 nitrogen and oxygen atoms in total. The van der Waals surface area contributed by atoms with Crippen molar-refractivity contribution in [3.63, 3.8) is 0 Å². The number of imidazole rings is 1. The molecule has 0 bridgehead atoms. The van der Waals surface area contributed by atoms with Gasteiger partial charge in [-0.1, -0.05) is 0 Å². The summed E-state index contributed by atoms with van der Waals surface area (Å²) >= 11 is 0. The Morgan fingerprint density at radius 1 is 1.62 bits per heavy atom. The van der Waals surface area contributed by atoms with Crippen LogP contribution in [0.4, 0.5) is 0 Å². The van der Waals surface area contributed by atoms with E-state index in [1.165, 1.54) is 5.69 Å². The van der Waals surface area contributed by atoms with Crippen molar-refractivity contribution in [3.8, 4) is 0 Å². The molecule has 74 valence electrons. The molecule has 0 radical (unpaired) electrons. The molecule has 0 saturated carbocycles. The van der Waals surface area contributed by atoms with E-state index in [0.29, 0.717) is 6.54 Å². The summed E-state index contributed by atoms with van der Waals surface area (Å²) in [7, 11) is 6.07. The van der Waals surface area contributed by atoms with E-state index in [2.05, 4.69) is 14.5 Å². The monoisotopic (exact) mass is 182 g/mol. The van der Waals surface area contributed by atoms with E-state index < -0.39 is 0 Å². The summed E-state index contributed by atoms with van der Waals surface area (Å²) in [5, 5.41) is 0. The fraction of sp³-hybridized carbons (Fsp3) is 0.667. The summed E-state index contributed by atoms with van der Waals surface area (Å²) in [5.74, 6) is 1.02. The summed E-state index contributed by atoms with van der Waals surface area (Å²) < 4.78 is 2.08. The molecule has 0 fully saturated rings. The zero-order valence-electron chi connectivity index (χ0n) is 8.78. The average Bonchev–Trinajstić information content (AvgIpc) is 2.37. The third kappa shape index (κ3) is 1.89. The number of nitrogens with two attached hydrogens (primary N) is 1. The first-order chi connectivity index (χ1) is 6.07. The molecule has 1 rings (SSSR count). The van der Waals surface area contributed by atoms with Crippen molar-refractivity contribution in [1.29, 1.82) is 0 Å². The number of likely N-dealkylation sites (N-methyl/N-ethyl adjacent to an activating group) is 1. The molecule has 1 unspecified atom stereocenters. The Morgan fingerprint density at radius 2 is 2.23 bits per heavy atom. The van der Waals surface area contributed by atoms with Gasteiger partial charge in [-0.15, -0.1) is 0 Å². The van der Waals surface area contributed by atoms with E-state index in [4.69, 9.17) is 5.73 Å². The third-order valence-corrected chi connectivity index (χ3v) is 2.44. The van der Waals surface area contributed by atoms with Gasteiger partial charge in [-0.05, 0) is 21.0 Å². The molecule has 4 heteroatoms. The topological polar surface area (TPSA) is 47.1 Å². The number of aromatic nitrogens is 2. The van der Waals surface area contributed by atoms with Crippen LogP contribution in [0.3, 0.4) is 0 Å². The van der Waals surface area contributed by atoms with Crippen molar-refractivity contribution >= 4 is 0 Å². The smallest absolute Gasteiger partial charge is 0.105 e. The molecule has 0 saturated heterocycles. The van der Waals surface area contributed by atoms with Crippen LogP contribution in [0.15, 0.2) is 6.20 Å². The molecule has 1 aromatic rings. The highest BCUT2D eigenvalue weighted by atomic mass is 15.2. The van der Waals surface area contributed by atoms with Crippen LogP contribution in [0, 0.1) is 6.92 Å². The van der Waals surface area contributed by atoms with E-state index in [1.807, 2.05) is 34.3 Å². The second-order valence-electron chi connectivity index (χ2n) is 3.50. The maximum absolute atomic E-state index is 5.70. The predicted molar refractivity (Wildman–Crippen MR) is 53.4 cm³/mol. The standard InChI is InChI=1S/C9H18N4/c1-7-11-6-9(13(7)4)8(5-10)12(2)3/h6,8H,5,10H2,1-4H3. The second kappa shape index (κ2) is 3.89. The van der Waals surface area contributed by atoms with E-state index >= 15 is 0 Å².